The summed E-state index contributed by atoms with van der Waals surface area (Å²) in [5.41, 5.74) is 0.130. The third-order valence-electron chi connectivity index (χ3n) is 2.50. The van der Waals surface area contributed by atoms with Crippen LogP contribution in [-0.4, -0.2) is 13.0 Å². The highest BCUT2D eigenvalue weighted by atomic mass is 19.1. The highest BCUT2D eigenvalue weighted by Crippen LogP contribution is 2.18. The molecule has 1 amide bonds. The third kappa shape index (κ3) is 3.07. The van der Waals surface area contributed by atoms with E-state index in [4.69, 9.17) is 4.74 Å². The van der Waals surface area contributed by atoms with Crippen LogP contribution in [0.4, 0.5) is 14.5 Å². The van der Waals surface area contributed by atoms with Crippen molar-refractivity contribution in [3.05, 3.63) is 59.7 Å². The number of halogens is 2. The van der Waals surface area contributed by atoms with Crippen molar-refractivity contribution < 1.29 is 18.3 Å². The average Bonchev–Trinajstić information content (AvgIpc) is 2.38. The minimum atomic E-state index is -0.701. The first kappa shape index (κ1) is 13.0. The van der Waals surface area contributed by atoms with Crippen LogP contribution in [-0.2, 0) is 0 Å². The molecule has 0 bridgehead atoms. The number of carbonyl (C=O) groups is 1. The fourth-order valence-electron chi connectivity index (χ4n) is 1.57. The Balaban J connectivity index is 2.20. The van der Waals surface area contributed by atoms with Crippen molar-refractivity contribution in [1.82, 2.24) is 0 Å². The van der Waals surface area contributed by atoms with Gasteiger partial charge in [0, 0.05) is 11.8 Å². The van der Waals surface area contributed by atoms with Gasteiger partial charge in [-0.2, -0.15) is 0 Å². The summed E-state index contributed by atoms with van der Waals surface area (Å²) >= 11 is 0. The molecule has 3 nitrogen and oxygen atoms in total. The number of anilines is 1. The number of hydrogen-bond donors (Lipinski definition) is 1. The number of amides is 1. The van der Waals surface area contributed by atoms with E-state index in [9.17, 15) is 13.6 Å². The highest BCUT2D eigenvalue weighted by molar-refractivity contribution is 6.04. The second kappa shape index (κ2) is 5.48. The molecular formula is C14H11F2NO2. The molecule has 19 heavy (non-hydrogen) atoms. The van der Waals surface area contributed by atoms with Gasteiger partial charge in [0.05, 0.1) is 12.7 Å². The molecule has 2 aromatic carbocycles. The van der Waals surface area contributed by atoms with Crippen LogP contribution in [0.25, 0.3) is 0 Å². The molecule has 0 spiro atoms. The van der Waals surface area contributed by atoms with E-state index in [2.05, 4.69) is 5.32 Å². The largest absolute Gasteiger partial charge is 0.497 e. The summed E-state index contributed by atoms with van der Waals surface area (Å²) in [6.45, 7) is 0. The molecule has 0 atom stereocenters. The minimum absolute atomic E-state index is 0.134. The first-order valence-corrected chi connectivity index (χ1v) is 5.50. The van der Waals surface area contributed by atoms with E-state index < -0.39 is 17.5 Å². The van der Waals surface area contributed by atoms with Crippen LogP contribution in [0.15, 0.2) is 42.5 Å². The molecule has 98 valence electrons. The van der Waals surface area contributed by atoms with Crippen molar-refractivity contribution in [2.45, 2.75) is 0 Å². The summed E-state index contributed by atoms with van der Waals surface area (Å²) in [4.78, 5) is 11.8. The number of nitrogens with one attached hydrogen (secondary N) is 1. The molecule has 1 N–H and O–H groups in total. The van der Waals surface area contributed by atoms with Crippen LogP contribution in [0.3, 0.4) is 0 Å². The third-order valence-corrected chi connectivity index (χ3v) is 2.50. The molecule has 2 rings (SSSR count). The quantitative estimate of drug-likeness (QED) is 0.923. The van der Waals surface area contributed by atoms with Crippen molar-refractivity contribution in [1.29, 1.82) is 0 Å². The van der Waals surface area contributed by atoms with Crippen LogP contribution in [0.2, 0.25) is 0 Å². The van der Waals surface area contributed by atoms with Gasteiger partial charge in [0.15, 0.2) is 0 Å². The Kier molecular flexibility index (Phi) is 3.75. The van der Waals surface area contributed by atoms with E-state index in [1.807, 2.05) is 0 Å². The number of carbonyl (C=O) groups excluding carboxylic acids is 1. The molecule has 0 radical (unpaired) electrons. The Hall–Kier alpha value is -2.43. The normalized spacial score (nSPS) is 10.1. The topological polar surface area (TPSA) is 38.3 Å². The summed E-state index contributed by atoms with van der Waals surface area (Å²) in [5, 5.41) is 2.42. The van der Waals surface area contributed by atoms with Crippen molar-refractivity contribution in [3.8, 4) is 5.75 Å². The van der Waals surface area contributed by atoms with E-state index in [1.54, 1.807) is 0 Å². The molecule has 0 saturated heterocycles. The lowest BCUT2D eigenvalue weighted by Crippen LogP contribution is -2.13. The standard InChI is InChI=1S/C14H11F2NO2/c1-19-11-5-6-12(13(16)8-11)14(18)17-10-4-2-3-9(15)7-10/h2-8H,1H3,(H,17,18). The molecule has 0 aliphatic heterocycles. The average molecular weight is 263 g/mol. The SMILES string of the molecule is COc1ccc(C(=O)Nc2cccc(F)c2)c(F)c1. The van der Waals surface area contributed by atoms with Crippen molar-refractivity contribution in [2.24, 2.45) is 0 Å². The predicted molar refractivity (Wildman–Crippen MR) is 67.3 cm³/mol. The number of benzene rings is 2. The first-order chi connectivity index (χ1) is 9.10. The molecular weight excluding hydrogens is 252 g/mol. The zero-order valence-corrected chi connectivity index (χ0v) is 10.1. The second-order valence-electron chi connectivity index (χ2n) is 3.81. The summed E-state index contributed by atoms with van der Waals surface area (Å²) in [6, 6.07) is 9.27. The number of hydrogen-bond acceptors (Lipinski definition) is 2. The Bertz CT molecular complexity index is 614. The Morgan fingerprint density at radius 3 is 2.58 bits per heavy atom. The fraction of sp³-hybridized carbons (Fsp3) is 0.0714. The van der Waals surface area contributed by atoms with Crippen LogP contribution < -0.4 is 10.1 Å². The Morgan fingerprint density at radius 1 is 1.16 bits per heavy atom. The van der Waals surface area contributed by atoms with Gasteiger partial charge in [-0.3, -0.25) is 4.79 Å². The van der Waals surface area contributed by atoms with Gasteiger partial charge in [-0.25, -0.2) is 8.78 Å². The molecule has 0 heterocycles. The number of rotatable bonds is 3. The van der Waals surface area contributed by atoms with E-state index >= 15 is 0 Å². The molecule has 0 aliphatic carbocycles. The molecule has 0 unspecified atom stereocenters. The molecule has 0 aliphatic rings. The maximum Gasteiger partial charge on any atom is 0.258 e. The van der Waals surface area contributed by atoms with Crippen molar-refractivity contribution in [3.63, 3.8) is 0 Å². The van der Waals surface area contributed by atoms with Gasteiger partial charge in [0.2, 0.25) is 0 Å². The summed E-state index contributed by atoms with van der Waals surface area (Å²) in [7, 11) is 1.40. The van der Waals surface area contributed by atoms with E-state index in [0.717, 1.165) is 12.1 Å². The van der Waals surface area contributed by atoms with Gasteiger partial charge in [-0.05, 0) is 30.3 Å². The summed E-state index contributed by atoms with van der Waals surface area (Å²) in [5.74, 6) is -1.51. The monoisotopic (exact) mass is 263 g/mol. The number of ether oxygens (including phenoxy) is 1. The van der Waals surface area contributed by atoms with Crippen LogP contribution in [0.1, 0.15) is 10.4 Å². The van der Waals surface area contributed by atoms with Crippen LogP contribution >= 0.6 is 0 Å². The maximum atomic E-state index is 13.7. The fourth-order valence-corrected chi connectivity index (χ4v) is 1.57. The molecule has 2 aromatic rings. The lowest BCUT2D eigenvalue weighted by molar-refractivity contribution is 0.102. The number of methoxy groups -OCH3 is 1. The zero-order valence-electron chi connectivity index (χ0n) is 10.1. The van der Waals surface area contributed by atoms with Gasteiger partial charge in [0.1, 0.15) is 17.4 Å². The van der Waals surface area contributed by atoms with E-state index in [-0.39, 0.29) is 11.3 Å². The van der Waals surface area contributed by atoms with E-state index in [0.29, 0.717) is 5.75 Å². The van der Waals surface area contributed by atoms with Crippen LogP contribution in [0.5, 0.6) is 5.75 Å². The van der Waals surface area contributed by atoms with E-state index in [1.165, 1.54) is 37.4 Å². The summed E-state index contributed by atoms with van der Waals surface area (Å²) < 4.78 is 31.5. The van der Waals surface area contributed by atoms with Gasteiger partial charge < -0.3 is 10.1 Å². The maximum absolute atomic E-state index is 13.7. The predicted octanol–water partition coefficient (Wildman–Crippen LogP) is 3.23. The molecule has 5 heteroatoms. The highest BCUT2D eigenvalue weighted by Gasteiger charge is 2.12. The summed E-state index contributed by atoms with van der Waals surface area (Å²) in [6.07, 6.45) is 0. The van der Waals surface area contributed by atoms with Crippen molar-refractivity contribution in [2.75, 3.05) is 12.4 Å². The molecule has 0 saturated carbocycles. The lowest BCUT2D eigenvalue weighted by atomic mass is 10.2. The molecule has 0 fully saturated rings. The van der Waals surface area contributed by atoms with Crippen molar-refractivity contribution >= 4 is 11.6 Å². The Labute approximate surface area is 108 Å². The van der Waals surface area contributed by atoms with Gasteiger partial charge in [0.25, 0.3) is 5.91 Å². The van der Waals surface area contributed by atoms with Gasteiger partial charge in [-0.1, -0.05) is 6.07 Å². The second-order valence-corrected chi connectivity index (χ2v) is 3.81. The van der Waals surface area contributed by atoms with Gasteiger partial charge in [-0.15, -0.1) is 0 Å². The zero-order chi connectivity index (χ0) is 13.8. The lowest BCUT2D eigenvalue weighted by Gasteiger charge is -2.07. The van der Waals surface area contributed by atoms with Crippen LogP contribution in [0, 0.1) is 11.6 Å². The van der Waals surface area contributed by atoms with Gasteiger partial charge >= 0.3 is 0 Å². The Morgan fingerprint density at radius 2 is 1.95 bits per heavy atom. The minimum Gasteiger partial charge on any atom is -0.497 e. The first-order valence-electron chi connectivity index (χ1n) is 5.50. The smallest absolute Gasteiger partial charge is 0.258 e. The molecule has 0 aromatic heterocycles.